The predicted octanol–water partition coefficient (Wildman–Crippen LogP) is 2.96. The third-order valence-corrected chi connectivity index (χ3v) is 5.35. The van der Waals surface area contributed by atoms with E-state index >= 15 is 0 Å². The zero-order valence-corrected chi connectivity index (χ0v) is 15.1. The van der Waals surface area contributed by atoms with E-state index < -0.39 is 5.91 Å². The van der Waals surface area contributed by atoms with Crippen LogP contribution >= 0.6 is 23.4 Å². The van der Waals surface area contributed by atoms with Crippen molar-refractivity contribution in [2.75, 3.05) is 32.1 Å². The molecular weight excluding hydrogens is 346 g/mol. The Balaban J connectivity index is 1.93. The van der Waals surface area contributed by atoms with Gasteiger partial charge in [-0.1, -0.05) is 23.4 Å². The van der Waals surface area contributed by atoms with Gasteiger partial charge in [0.25, 0.3) is 11.1 Å². The lowest BCUT2D eigenvalue weighted by Crippen LogP contribution is -2.31. The molecule has 1 aromatic rings. The van der Waals surface area contributed by atoms with Crippen LogP contribution in [0.15, 0.2) is 28.8 Å². The molecule has 2 aliphatic heterocycles. The maximum Gasteiger partial charge on any atom is 0.291 e. The van der Waals surface area contributed by atoms with E-state index in [4.69, 9.17) is 11.6 Å². The van der Waals surface area contributed by atoms with Crippen molar-refractivity contribution in [1.29, 1.82) is 0 Å². The van der Waals surface area contributed by atoms with Gasteiger partial charge in [0.05, 0.1) is 5.02 Å². The van der Waals surface area contributed by atoms with Crippen LogP contribution in [0.1, 0.15) is 12.0 Å². The molecule has 0 saturated carbocycles. The largest absolute Gasteiger partial charge is 0.369 e. The lowest BCUT2D eigenvalue weighted by atomic mass is 10.1. The van der Waals surface area contributed by atoms with E-state index in [0.717, 1.165) is 42.5 Å². The topological polar surface area (TPSA) is 52.6 Å². The van der Waals surface area contributed by atoms with Crippen LogP contribution in [-0.2, 0) is 4.79 Å². The molecule has 0 unspecified atom stereocenters. The zero-order chi connectivity index (χ0) is 17.3. The summed E-state index contributed by atoms with van der Waals surface area (Å²) in [5.74, 6) is -0.413. The van der Waals surface area contributed by atoms with Crippen molar-refractivity contribution in [3.63, 3.8) is 0 Å². The number of imide groups is 1. The number of anilines is 1. The molecule has 2 heterocycles. The number of nitrogens with zero attached hydrogens (tertiary/aromatic N) is 2. The fourth-order valence-electron chi connectivity index (χ4n) is 2.87. The first-order valence-electron chi connectivity index (χ1n) is 7.65. The van der Waals surface area contributed by atoms with E-state index in [1.165, 1.54) is 0 Å². The molecule has 5 nitrogen and oxygen atoms in total. The molecule has 0 radical (unpaired) electrons. The predicted molar refractivity (Wildman–Crippen MR) is 98.4 cm³/mol. The number of rotatable bonds is 3. The average Bonchev–Trinajstić information content (AvgIpc) is 3.13. The summed E-state index contributed by atoms with van der Waals surface area (Å²) in [4.78, 5) is 27.6. The summed E-state index contributed by atoms with van der Waals surface area (Å²) in [6.45, 7) is 1.88. The van der Waals surface area contributed by atoms with E-state index in [-0.39, 0.29) is 10.1 Å². The SMILES string of the molecule is CN(C)[C@H]1CCN(c2cccc(Cl)c2C=C=C2SC(=O)NC2=O)C1. The highest BCUT2D eigenvalue weighted by Gasteiger charge is 2.26. The number of carbonyl (C=O) groups is 2. The first kappa shape index (κ1) is 17.1. The van der Waals surface area contributed by atoms with Gasteiger partial charge in [0.15, 0.2) is 0 Å². The van der Waals surface area contributed by atoms with Crippen LogP contribution in [0.2, 0.25) is 5.02 Å². The monoisotopic (exact) mass is 363 g/mol. The fourth-order valence-corrected chi connectivity index (χ4v) is 3.69. The summed E-state index contributed by atoms with van der Waals surface area (Å²) in [5.41, 5.74) is 4.76. The number of hydrogen-bond donors (Lipinski definition) is 1. The van der Waals surface area contributed by atoms with Crippen LogP contribution in [-0.4, -0.2) is 49.3 Å². The summed E-state index contributed by atoms with van der Waals surface area (Å²) in [6, 6.07) is 6.27. The highest BCUT2D eigenvalue weighted by atomic mass is 35.5. The zero-order valence-electron chi connectivity index (χ0n) is 13.5. The third kappa shape index (κ3) is 3.52. The van der Waals surface area contributed by atoms with E-state index in [1.807, 2.05) is 18.2 Å². The second kappa shape index (κ2) is 7.03. The van der Waals surface area contributed by atoms with Gasteiger partial charge < -0.3 is 9.80 Å². The number of amides is 2. The molecule has 2 amide bonds. The van der Waals surface area contributed by atoms with E-state index in [9.17, 15) is 9.59 Å². The highest BCUT2D eigenvalue weighted by Crippen LogP contribution is 2.32. The summed E-state index contributed by atoms with van der Waals surface area (Å²) in [7, 11) is 4.18. The summed E-state index contributed by atoms with van der Waals surface area (Å²) >= 11 is 7.22. The maximum absolute atomic E-state index is 11.6. The average molecular weight is 364 g/mol. The quantitative estimate of drug-likeness (QED) is 0.661. The fraction of sp³-hybridized carbons (Fsp3) is 0.353. The van der Waals surface area contributed by atoms with Crippen LogP contribution < -0.4 is 10.2 Å². The van der Waals surface area contributed by atoms with Crippen molar-refractivity contribution < 1.29 is 9.59 Å². The van der Waals surface area contributed by atoms with Gasteiger partial charge in [0, 0.05) is 30.4 Å². The molecular formula is C17H18ClN3O2S. The van der Waals surface area contributed by atoms with Gasteiger partial charge in [-0.2, -0.15) is 0 Å². The molecule has 0 aliphatic carbocycles. The Bertz CT molecular complexity index is 756. The Morgan fingerprint density at radius 3 is 2.83 bits per heavy atom. The number of hydrogen-bond acceptors (Lipinski definition) is 5. The number of thioether (sulfide) groups is 1. The smallest absolute Gasteiger partial charge is 0.291 e. The van der Waals surface area contributed by atoms with Gasteiger partial charge in [0.1, 0.15) is 4.91 Å². The van der Waals surface area contributed by atoms with Crippen molar-refractivity contribution in [1.82, 2.24) is 10.2 Å². The summed E-state index contributed by atoms with van der Waals surface area (Å²) in [5, 5.41) is 2.45. The van der Waals surface area contributed by atoms with Crippen molar-refractivity contribution in [2.24, 2.45) is 0 Å². The van der Waals surface area contributed by atoms with Crippen molar-refractivity contribution >= 4 is 46.3 Å². The number of likely N-dealkylation sites (N-methyl/N-ethyl adjacent to an activating group) is 1. The number of benzene rings is 1. The third-order valence-electron chi connectivity index (χ3n) is 4.23. The van der Waals surface area contributed by atoms with Gasteiger partial charge in [-0.05, 0) is 50.5 Å². The Hall–Kier alpha value is -1.72. The molecule has 126 valence electrons. The molecule has 1 N–H and O–H groups in total. The molecule has 2 saturated heterocycles. The Labute approximate surface area is 150 Å². The summed E-state index contributed by atoms with van der Waals surface area (Å²) < 4.78 is 0. The maximum atomic E-state index is 11.6. The van der Waals surface area contributed by atoms with E-state index in [2.05, 4.69) is 34.9 Å². The number of carbonyl (C=O) groups excluding carboxylic acids is 2. The second-order valence-corrected chi connectivity index (χ2v) is 7.38. The lowest BCUT2D eigenvalue weighted by molar-refractivity contribution is -0.115. The van der Waals surface area contributed by atoms with Crippen molar-refractivity contribution in [2.45, 2.75) is 12.5 Å². The molecule has 2 aliphatic rings. The minimum absolute atomic E-state index is 0.262. The molecule has 0 spiro atoms. The minimum Gasteiger partial charge on any atom is -0.369 e. The molecule has 0 bridgehead atoms. The van der Waals surface area contributed by atoms with Gasteiger partial charge >= 0.3 is 0 Å². The molecule has 1 aromatic carbocycles. The molecule has 2 fully saturated rings. The van der Waals surface area contributed by atoms with E-state index in [1.54, 1.807) is 6.08 Å². The van der Waals surface area contributed by atoms with Crippen LogP contribution in [0.4, 0.5) is 10.5 Å². The van der Waals surface area contributed by atoms with Crippen molar-refractivity contribution in [3.05, 3.63) is 39.4 Å². The van der Waals surface area contributed by atoms with Gasteiger partial charge in [-0.25, -0.2) is 0 Å². The molecule has 7 heteroatoms. The minimum atomic E-state index is -0.413. The highest BCUT2D eigenvalue weighted by molar-refractivity contribution is 8.18. The van der Waals surface area contributed by atoms with Crippen molar-refractivity contribution in [3.8, 4) is 0 Å². The normalized spacial score (nSPS) is 20.6. The molecule has 24 heavy (non-hydrogen) atoms. The van der Waals surface area contributed by atoms with Crippen LogP contribution in [0.25, 0.3) is 6.08 Å². The number of halogens is 1. The van der Waals surface area contributed by atoms with Gasteiger partial charge in [0.2, 0.25) is 0 Å². The first-order valence-corrected chi connectivity index (χ1v) is 8.85. The first-order chi connectivity index (χ1) is 11.5. The number of nitrogens with one attached hydrogen (secondary N) is 1. The van der Waals surface area contributed by atoms with Gasteiger partial charge in [-0.3, -0.25) is 14.9 Å². The van der Waals surface area contributed by atoms with Gasteiger partial charge in [-0.15, -0.1) is 0 Å². The van der Waals surface area contributed by atoms with Crippen LogP contribution in [0.3, 0.4) is 0 Å². The van der Waals surface area contributed by atoms with Crippen LogP contribution in [0, 0.1) is 0 Å². The molecule has 0 aromatic heterocycles. The van der Waals surface area contributed by atoms with Crippen LogP contribution in [0.5, 0.6) is 0 Å². The molecule has 1 atom stereocenters. The summed E-state index contributed by atoms with van der Waals surface area (Å²) in [6.07, 6.45) is 2.79. The Kier molecular flexibility index (Phi) is 5.01. The van der Waals surface area contributed by atoms with E-state index in [0.29, 0.717) is 11.1 Å². The Morgan fingerprint density at radius 1 is 1.42 bits per heavy atom. The second-order valence-electron chi connectivity index (χ2n) is 5.99. The lowest BCUT2D eigenvalue weighted by Gasteiger charge is -2.23. The molecule has 3 rings (SSSR count). The Morgan fingerprint density at radius 2 is 2.21 bits per heavy atom. The standard InChI is InChI=1S/C17H18ClN3O2S/c1-20(2)11-8-9-21(10-11)14-5-3-4-13(18)12(14)6-7-15-16(22)19-17(23)24-15/h3-6,11H,8-10H2,1-2H3,(H,19,22,23)/t7?,11-/m0/s1.